The van der Waals surface area contributed by atoms with E-state index in [0.717, 1.165) is 6.42 Å². The summed E-state index contributed by atoms with van der Waals surface area (Å²) in [6.07, 6.45) is 0.870. The second-order valence-electron chi connectivity index (χ2n) is 6.08. The van der Waals surface area contributed by atoms with E-state index >= 15 is 0 Å². The number of fused-ring (bicyclic) bond motifs is 1. The van der Waals surface area contributed by atoms with Crippen LogP contribution in [-0.4, -0.2) is 18.3 Å². The van der Waals surface area contributed by atoms with Gasteiger partial charge in [-0.3, -0.25) is 9.59 Å². The minimum Gasteiger partial charge on any atom is -0.493 e. The summed E-state index contributed by atoms with van der Waals surface area (Å²) in [6.45, 7) is 4.03. The Morgan fingerprint density at radius 3 is 2.48 bits per heavy atom. The molecule has 0 aliphatic heterocycles. The average Bonchev–Trinajstić information content (AvgIpc) is 2.66. The van der Waals surface area contributed by atoms with Gasteiger partial charge >= 0.3 is 5.63 Å². The van der Waals surface area contributed by atoms with Crippen molar-refractivity contribution in [2.75, 3.05) is 11.9 Å². The number of hydrogen-bond donors (Lipinski definition) is 1. The Morgan fingerprint density at radius 2 is 1.81 bits per heavy atom. The number of benzene rings is 2. The van der Waals surface area contributed by atoms with Gasteiger partial charge in [-0.2, -0.15) is 0 Å². The summed E-state index contributed by atoms with van der Waals surface area (Å²) in [5.74, 6) is -0.0341. The van der Waals surface area contributed by atoms with Crippen LogP contribution in [0, 0.1) is 0 Å². The topological polar surface area (TPSA) is 85.6 Å². The van der Waals surface area contributed by atoms with Crippen LogP contribution >= 0.6 is 0 Å². The van der Waals surface area contributed by atoms with Crippen molar-refractivity contribution in [2.45, 2.75) is 20.3 Å². The molecule has 0 bridgehead atoms. The van der Waals surface area contributed by atoms with E-state index in [1.807, 2.05) is 6.92 Å². The third-order valence-electron chi connectivity index (χ3n) is 3.97. The van der Waals surface area contributed by atoms with Crippen LogP contribution in [0.1, 0.15) is 41.0 Å². The van der Waals surface area contributed by atoms with E-state index < -0.39 is 11.5 Å². The van der Waals surface area contributed by atoms with E-state index in [1.54, 1.807) is 42.5 Å². The fraction of sp³-hybridized carbons (Fsp3) is 0.190. The second-order valence-corrected chi connectivity index (χ2v) is 6.08. The summed E-state index contributed by atoms with van der Waals surface area (Å²) in [5.41, 5.74) is 0.552. The van der Waals surface area contributed by atoms with Gasteiger partial charge in [-0.1, -0.05) is 6.92 Å². The van der Waals surface area contributed by atoms with E-state index in [0.29, 0.717) is 34.6 Å². The Labute approximate surface area is 155 Å². The quantitative estimate of drug-likeness (QED) is 0.526. The highest BCUT2D eigenvalue weighted by molar-refractivity contribution is 6.05. The van der Waals surface area contributed by atoms with Crippen molar-refractivity contribution in [3.8, 4) is 5.75 Å². The molecule has 0 fully saturated rings. The minimum atomic E-state index is -0.729. The molecule has 0 spiro atoms. The Balaban J connectivity index is 1.84. The van der Waals surface area contributed by atoms with Gasteiger partial charge in [0.2, 0.25) is 0 Å². The third kappa shape index (κ3) is 4.23. The fourth-order valence-electron chi connectivity index (χ4n) is 2.55. The predicted molar refractivity (Wildman–Crippen MR) is 103 cm³/mol. The number of anilines is 1. The van der Waals surface area contributed by atoms with Gasteiger partial charge in [-0.05, 0) is 55.8 Å². The van der Waals surface area contributed by atoms with Crippen LogP contribution < -0.4 is 15.7 Å². The van der Waals surface area contributed by atoms with Gasteiger partial charge in [-0.15, -0.1) is 0 Å². The van der Waals surface area contributed by atoms with E-state index in [9.17, 15) is 14.4 Å². The first-order chi connectivity index (χ1) is 13.0. The number of ether oxygens (including phenoxy) is 1. The zero-order valence-corrected chi connectivity index (χ0v) is 15.1. The molecule has 1 aromatic heterocycles. The number of hydrogen-bond acceptors (Lipinski definition) is 5. The van der Waals surface area contributed by atoms with Crippen molar-refractivity contribution in [1.82, 2.24) is 0 Å². The number of carbonyl (C=O) groups excluding carboxylic acids is 2. The third-order valence-corrected chi connectivity index (χ3v) is 3.97. The van der Waals surface area contributed by atoms with Gasteiger partial charge in [-0.25, -0.2) is 4.79 Å². The summed E-state index contributed by atoms with van der Waals surface area (Å²) in [5, 5.41) is 3.26. The molecule has 0 saturated carbocycles. The lowest BCUT2D eigenvalue weighted by atomic mass is 10.1. The molecule has 0 radical (unpaired) electrons. The van der Waals surface area contributed by atoms with Gasteiger partial charge in [0.1, 0.15) is 16.9 Å². The summed E-state index contributed by atoms with van der Waals surface area (Å²) in [4.78, 5) is 36.0. The molecule has 27 heavy (non-hydrogen) atoms. The molecular formula is C21H19NO5. The molecule has 0 atom stereocenters. The van der Waals surface area contributed by atoms with Crippen molar-refractivity contribution in [1.29, 1.82) is 0 Å². The lowest BCUT2D eigenvalue weighted by molar-refractivity contribution is 0.101. The van der Waals surface area contributed by atoms with E-state index in [1.165, 1.54) is 13.0 Å². The molecule has 0 aliphatic rings. The van der Waals surface area contributed by atoms with Crippen LogP contribution in [0.2, 0.25) is 0 Å². The number of rotatable bonds is 6. The average molecular weight is 365 g/mol. The van der Waals surface area contributed by atoms with Gasteiger partial charge in [0, 0.05) is 22.7 Å². The maximum atomic E-state index is 12.4. The summed E-state index contributed by atoms with van der Waals surface area (Å²) < 4.78 is 10.8. The monoisotopic (exact) mass is 365 g/mol. The van der Waals surface area contributed by atoms with Crippen molar-refractivity contribution in [2.24, 2.45) is 0 Å². The molecule has 0 saturated heterocycles. The highest BCUT2D eigenvalue weighted by Gasteiger charge is 2.14. The van der Waals surface area contributed by atoms with Gasteiger partial charge in [0.05, 0.1) is 6.61 Å². The van der Waals surface area contributed by atoms with Crippen LogP contribution in [0.3, 0.4) is 0 Å². The summed E-state index contributed by atoms with van der Waals surface area (Å²) in [7, 11) is 0. The largest absolute Gasteiger partial charge is 0.493 e. The number of nitrogens with one attached hydrogen (secondary N) is 1. The summed E-state index contributed by atoms with van der Waals surface area (Å²) in [6, 6.07) is 13.1. The molecule has 1 N–H and O–H groups in total. The standard InChI is InChI=1S/C21H19NO5/c1-3-10-26-17-9-6-15-11-18(21(25)27-19(15)12-17)20(24)22-16-7-4-14(5-8-16)13(2)23/h4-9,11-12H,3,10H2,1-2H3,(H,22,24). The highest BCUT2D eigenvalue weighted by Crippen LogP contribution is 2.21. The molecule has 1 heterocycles. The lowest BCUT2D eigenvalue weighted by Crippen LogP contribution is -2.20. The van der Waals surface area contributed by atoms with E-state index in [2.05, 4.69) is 5.32 Å². The number of ketones is 1. The highest BCUT2D eigenvalue weighted by atomic mass is 16.5. The van der Waals surface area contributed by atoms with E-state index in [4.69, 9.17) is 9.15 Å². The maximum absolute atomic E-state index is 12.4. The molecule has 2 aromatic carbocycles. The molecule has 138 valence electrons. The number of carbonyl (C=O) groups is 2. The van der Waals surface area contributed by atoms with Crippen LogP contribution in [-0.2, 0) is 0 Å². The zero-order chi connectivity index (χ0) is 19.4. The molecule has 0 aliphatic carbocycles. The van der Waals surface area contributed by atoms with Crippen molar-refractivity contribution >= 4 is 28.3 Å². The first kappa shape index (κ1) is 18.4. The van der Waals surface area contributed by atoms with Crippen LogP contribution in [0.15, 0.2) is 57.7 Å². The predicted octanol–water partition coefficient (Wildman–Crippen LogP) is 4.04. The second kappa shape index (κ2) is 7.86. The first-order valence-corrected chi connectivity index (χ1v) is 8.61. The molecule has 6 heteroatoms. The smallest absolute Gasteiger partial charge is 0.349 e. The zero-order valence-electron chi connectivity index (χ0n) is 15.1. The fourth-order valence-corrected chi connectivity index (χ4v) is 2.55. The van der Waals surface area contributed by atoms with Crippen LogP contribution in [0.4, 0.5) is 5.69 Å². The minimum absolute atomic E-state index is 0.0645. The van der Waals surface area contributed by atoms with Crippen molar-refractivity contribution in [3.63, 3.8) is 0 Å². The van der Waals surface area contributed by atoms with Crippen LogP contribution in [0.25, 0.3) is 11.0 Å². The lowest BCUT2D eigenvalue weighted by Gasteiger charge is -2.07. The van der Waals surface area contributed by atoms with Crippen LogP contribution in [0.5, 0.6) is 5.75 Å². The number of Topliss-reactive ketones (excluding diaryl/α,β-unsaturated/α-hetero) is 1. The van der Waals surface area contributed by atoms with Gasteiger partial charge < -0.3 is 14.5 Å². The van der Waals surface area contributed by atoms with Crippen molar-refractivity contribution < 1.29 is 18.7 Å². The van der Waals surface area contributed by atoms with Gasteiger partial charge in [0.15, 0.2) is 5.78 Å². The molecule has 3 aromatic rings. The maximum Gasteiger partial charge on any atom is 0.349 e. The Kier molecular flexibility index (Phi) is 5.35. The molecule has 0 unspecified atom stereocenters. The Morgan fingerprint density at radius 1 is 1.07 bits per heavy atom. The molecular weight excluding hydrogens is 346 g/mol. The SMILES string of the molecule is CCCOc1ccc2cc(C(=O)Nc3ccc(C(C)=O)cc3)c(=O)oc2c1. The Hall–Kier alpha value is -3.41. The first-order valence-electron chi connectivity index (χ1n) is 8.61. The molecule has 1 amide bonds. The van der Waals surface area contributed by atoms with E-state index in [-0.39, 0.29) is 11.3 Å². The molecule has 3 rings (SSSR count). The normalized spacial score (nSPS) is 10.6. The molecule has 6 nitrogen and oxygen atoms in total. The summed E-state index contributed by atoms with van der Waals surface area (Å²) >= 11 is 0. The van der Waals surface area contributed by atoms with Crippen molar-refractivity contribution in [3.05, 3.63) is 70.1 Å². The Bertz CT molecular complexity index is 1050. The van der Waals surface area contributed by atoms with Gasteiger partial charge in [0.25, 0.3) is 5.91 Å². The number of amides is 1.